The molecule has 1 N–H and O–H groups in total. The van der Waals surface area contributed by atoms with Crippen LogP contribution in [-0.2, 0) is 20.9 Å². The number of ether oxygens (including phenoxy) is 2. The Labute approximate surface area is 263 Å². The highest BCUT2D eigenvalue weighted by Crippen LogP contribution is 2.34. The summed E-state index contributed by atoms with van der Waals surface area (Å²) in [5.41, 5.74) is 1.74. The number of nitrogens with one attached hydrogen (secondary N) is 1. The lowest BCUT2D eigenvalue weighted by Gasteiger charge is -2.13. The summed E-state index contributed by atoms with van der Waals surface area (Å²) in [7, 11) is 0. The molecule has 0 spiro atoms. The van der Waals surface area contributed by atoms with E-state index in [9.17, 15) is 19.2 Å². The van der Waals surface area contributed by atoms with Gasteiger partial charge in [-0.1, -0.05) is 46.9 Å². The first-order valence-electron chi connectivity index (χ1n) is 11.9. The smallest absolute Gasteiger partial charge is 0.339 e. The summed E-state index contributed by atoms with van der Waals surface area (Å²) in [5.74, 6) is -1.32. The van der Waals surface area contributed by atoms with E-state index >= 15 is 0 Å². The zero-order chi connectivity index (χ0) is 29.7. The predicted octanol–water partition coefficient (Wildman–Crippen LogP) is 7.84. The van der Waals surface area contributed by atoms with Crippen LogP contribution in [-0.4, -0.2) is 41.1 Å². The summed E-state index contributed by atoms with van der Waals surface area (Å²) in [4.78, 5) is 51.2. The molecule has 0 saturated carbocycles. The minimum Gasteiger partial charge on any atom is -0.488 e. The Hall–Kier alpha value is -3.02. The number of benzene rings is 3. The number of imide groups is 1. The highest BCUT2D eigenvalue weighted by molar-refractivity contribution is 9.10. The van der Waals surface area contributed by atoms with Crippen molar-refractivity contribution >= 4 is 97.3 Å². The topological polar surface area (TPSA) is 102 Å². The highest BCUT2D eigenvalue weighted by Gasteiger charge is 2.36. The van der Waals surface area contributed by atoms with Gasteiger partial charge >= 0.3 is 5.97 Å². The Morgan fingerprint density at radius 3 is 2.51 bits per heavy atom. The van der Waals surface area contributed by atoms with Crippen LogP contribution >= 0.6 is 62.5 Å². The summed E-state index contributed by atoms with van der Waals surface area (Å²) in [6.07, 6.45) is 1.55. The first-order chi connectivity index (χ1) is 19.5. The minimum atomic E-state index is -0.637. The van der Waals surface area contributed by atoms with Crippen LogP contribution in [0.5, 0.6) is 5.75 Å². The third-order valence-corrected chi connectivity index (χ3v) is 8.02. The summed E-state index contributed by atoms with van der Waals surface area (Å²) >= 11 is 22.4. The number of anilines is 1. The normalized spacial score (nSPS) is 14.0. The molecule has 0 unspecified atom stereocenters. The van der Waals surface area contributed by atoms with Crippen LogP contribution in [0, 0.1) is 0 Å². The summed E-state index contributed by atoms with van der Waals surface area (Å²) in [5, 5.41) is 3.16. The highest BCUT2D eigenvalue weighted by atomic mass is 79.9. The third-order valence-electron chi connectivity index (χ3n) is 5.57. The molecule has 0 atom stereocenters. The van der Waals surface area contributed by atoms with Gasteiger partial charge in [0.2, 0.25) is 5.91 Å². The van der Waals surface area contributed by atoms with Crippen molar-refractivity contribution in [1.29, 1.82) is 0 Å². The van der Waals surface area contributed by atoms with Gasteiger partial charge in [-0.15, -0.1) is 0 Å². The summed E-state index contributed by atoms with van der Waals surface area (Å²) in [6.45, 7) is 1.52. The van der Waals surface area contributed by atoms with Crippen molar-refractivity contribution in [2.24, 2.45) is 0 Å². The molecule has 1 aliphatic rings. The van der Waals surface area contributed by atoms with Gasteiger partial charge in [0, 0.05) is 21.3 Å². The number of carbonyl (C=O) groups excluding carboxylic acids is 4. The molecule has 3 aromatic carbocycles. The molecule has 0 radical (unpaired) electrons. The molecule has 3 amide bonds. The predicted molar refractivity (Wildman–Crippen MR) is 164 cm³/mol. The molecular weight excluding hydrogens is 679 g/mol. The van der Waals surface area contributed by atoms with E-state index in [1.807, 2.05) is 0 Å². The van der Waals surface area contributed by atoms with Crippen molar-refractivity contribution < 1.29 is 28.7 Å². The molecule has 1 fully saturated rings. The van der Waals surface area contributed by atoms with Gasteiger partial charge in [-0.3, -0.25) is 19.3 Å². The van der Waals surface area contributed by atoms with Crippen LogP contribution in [0.1, 0.15) is 28.4 Å². The first-order valence-corrected chi connectivity index (χ1v) is 14.7. The Morgan fingerprint density at radius 2 is 1.80 bits per heavy atom. The fraction of sp³-hybridized carbons (Fsp3) is 0.143. The van der Waals surface area contributed by atoms with Gasteiger partial charge in [0.05, 0.1) is 26.6 Å². The van der Waals surface area contributed by atoms with Gasteiger partial charge in [0.1, 0.15) is 18.9 Å². The number of halogens is 4. The number of nitrogens with zero attached hydrogens (tertiary/aromatic N) is 1. The molecule has 3 aromatic rings. The lowest BCUT2D eigenvalue weighted by Crippen LogP contribution is -2.36. The first kappa shape index (κ1) is 30.9. The number of hydrogen-bond acceptors (Lipinski definition) is 7. The molecular formula is C28H20BrCl3N2O6S. The Kier molecular flexibility index (Phi) is 10.4. The van der Waals surface area contributed by atoms with E-state index in [1.54, 1.807) is 49.4 Å². The van der Waals surface area contributed by atoms with Crippen LogP contribution in [0.15, 0.2) is 64.0 Å². The molecule has 41 heavy (non-hydrogen) atoms. The van der Waals surface area contributed by atoms with Crippen LogP contribution in [0.4, 0.5) is 10.5 Å². The van der Waals surface area contributed by atoms with Crippen LogP contribution in [0.3, 0.4) is 0 Å². The SMILES string of the molecule is CCOC(=O)c1cc(NC(=O)CN2C(=O)S/C(=C/c3ccc(OCc4ccc(Cl)cc4Cl)c(Br)c3)C2=O)ccc1Cl. The second-order valence-electron chi connectivity index (χ2n) is 8.45. The third kappa shape index (κ3) is 7.84. The van der Waals surface area contributed by atoms with Crippen molar-refractivity contribution in [2.75, 3.05) is 18.5 Å². The van der Waals surface area contributed by atoms with Crippen molar-refractivity contribution in [2.45, 2.75) is 13.5 Å². The molecule has 0 aliphatic carbocycles. The maximum Gasteiger partial charge on any atom is 0.339 e. The van der Waals surface area contributed by atoms with Gasteiger partial charge in [-0.05, 0) is 88.7 Å². The number of thioether (sulfide) groups is 1. The quantitative estimate of drug-likeness (QED) is 0.180. The van der Waals surface area contributed by atoms with E-state index in [1.165, 1.54) is 18.2 Å². The summed E-state index contributed by atoms with van der Waals surface area (Å²) in [6, 6.07) is 14.6. The van der Waals surface area contributed by atoms with E-state index < -0.39 is 29.6 Å². The zero-order valence-electron chi connectivity index (χ0n) is 21.2. The van der Waals surface area contributed by atoms with Gasteiger partial charge in [0.15, 0.2) is 0 Å². The molecule has 13 heteroatoms. The summed E-state index contributed by atoms with van der Waals surface area (Å²) < 4.78 is 11.4. The second kappa shape index (κ2) is 13.8. The zero-order valence-corrected chi connectivity index (χ0v) is 25.9. The Morgan fingerprint density at radius 1 is 1.02 bits per heavy atom. The van der Waals surface area contributed by atoms with Gasteiger partial charge in [-0.25, -0.2) is 4.79 Å². The number of amides is 3. The van der Waals surface area contributed by atoms with Crippen LogP contribution < -0.4 is 10.1 Å². The van der Waals surface area contributed by atoms with Crippen molar-refractivity contribution in [3.05, 3.63) is 95.7 Å². The second-order valence-corrected chi connectivity index (χ2v) is 11.5. The van der Waals surface area contributed by atoms with Crippen molar-refractivity contribution in [3.63, 3.8) is 0 Å². The molecule has 8 nitrogen and oxygen atoms in total. The average molecular weight is 699 g/mol. The fourth-order valence-corrected chi connectivity index (χ4v) is 5.63. The standard InChI is InChI=1S/C28H20BrCl3N2O6S/c1-2-39-27(37)19-12-18(6-7-21(19)31)33-25(35)13-34-26(36)24(41-28(34)38)10-15-3-8-23(20(29)9-15)40-14-16-4-5-17(30)11-22(16)32/h3-12H,2,13-14H2,1H3,(H,33,35)/b24-10+. The van der Waals surface area contributed by atoms with Crippen molar-refractivity contribution in [1.82, 2.24) is 4.90 Å². The van der Waals surface area contributed by atoms with Gasteiger partial charge < -0.3 is 14.8 Å². The minimum absolute atomic E-state index is 0.0803. The molecule has 4 rings (SSSR count). The lowest BCUT2D eigenvalue weighted by molar-refractivity contribution is -0.127. The van der Waals surface area contributed by atoms with E-state index in [4.69, 9.17) is 44.3 Å². The Balaban J connectivity index is 1.39. The van der Waals surface area contributed by atoms with Crippen LogP contribution in [0.2, 0.25) is 15.1 Å². The van der Waals surface area contributed by atoms with E-state index in [2.05, 4.69) is 21.2 Å². The van der Waals surface area contributed by atoms with Gasteiger partial charge in [-0.2, -0.15) is 0 Å². The number of esters is 1. The fourth-order valence-electron chi connectivity index (χ4n) is 3.62. The molecule has 212 valence electrons. The maximum absolute atomic E-state index is 12.9. The Bertz CT molecular complexity index is 1580. The molecule has 0 aromatic heterocycles. The largest absolute Gasteiger partial charge is 0.488 e. The maximum atomic E-state index is 12.9. The number of hydrogen-bond donors (Lipinski definition) is 1. The molecule has 1 saturated heterocycles. The van der Waals surface area contributed by atoms with E-state index in [0.29, 0.717) is 25.8 Å². The monoisotopic (exact) mass is 696 g/mol. The van der Waals surface area contributed by atoms with Crippen LogP contribution in [0.25, 0.3) is 6.08 Å². The average Bonchev–Trinajstić information content (AvgIpc) is 3.17. The molecule has 1 heterocycles. The van der Waals surface area contributed by atoms with E-state index in [0.717, 1.165) is 22.2 Å². The van der Waals surface area contributed by atoms with Gasteiger partial charge in [0.25, 0.3) is 11.1 Å². The lowest BCUT2D eigenvalue weighted by atomic mass is 10.2. The molecule has 1 aliphatic heterocycles. The molecule has 0 bridgehead atoms. The van der Waals surface area contributed by atoms with Crippen molar-refractivity contribution in [3.8, 4) is 5.75 Å². The number of carbonyl (C=O) groups is 4. The van der Waals surface area contributed by atoms with E-state index in [-0.39, 0.29) is 34.4 Å². The number of rotatable bonds is 9.